The van der Waals surface area contributed by atoms with Gasteiger partial charge in [-0.25, -0.2) is 4.39 Å². The van der Waals surface area contributed by atoms with E-state index in [1.165, 1.54) is 55.6 Å². The molecule has 1 aromatic rings. The Morgan fingerprint density at radius 2 is 1.88 bits per heavy atom. The molecule has 0 aromatic heterocycles. The minimum Gasteiger partial charge on any atom is -0.299 e. The molecule has 1 atom stereocenters. The van der Waals surface area contributed by atoms with Crippen LogP contribution in [0.15, 0.2) is 64.7 Å². The number of allylic oxidation sites excluding steroid dienone is 3. The number of nitrogens with zero attached hydrogens (tertiary/aromatic N) is 2. The van der Waals surface area contributed by atoms with Gasteiger partial charge in [0, 0.05) is 12.0 Å². The maximum Gasteiger partial charge on any atom is 0.123 e. The zero-order valence-corrected chi connectivity index (χ0v) is 15.5. The highest BCUT2D eigenvalue weighted by Crippen LogP contribution is 2.39. The first-order valence-corrected chi connectivity index (χ1v) is 9.74. The van der Waals surface area contributed by atoms with Crippen LogP contribution >= 0.6 is 0 Å². The minimum atomic E-state index is -0.204. The lowest BCUT2D eigenvalue weighted by Crippen LogP contribution is -2.32. The fraction of sp³-hybridized carbons (Fsp3) is 0.435. The third-order valence-electron chi connectivity index (χ3n) is 5.91. The molecule has 1 aromatic carbocycles. The van der Waals surface area contributed by atoms with Gasteiger partial charge >= 0.3 is 0 Å². The lowest BCUT2D eigenvalue weighted by molar-refractivity contribution is 0.247. The normalized spacial score (nSPS) is 26.5. The SMILES string of the molecule is CC1(C2=CC(c3ccc(F)cc3)=NC2)C=CC(CN2CCCCC2)=CC1. The van der Waals surface area contributed by atoms with Gasteiger partial charge in [-0.2, -0.15) is 0 Å². The van der Waals surface area contributed by atoms with Gasteiger partial charge in [-0.1, -0.05) is 31.6 Å². The average Bonchev–Trinajstić information content (AvgIpc) is 3.16. The third kappa shape index (κ3) is 3.73. The van der Waals surface area contributed by atoms with Crippen molar-refractivity contribution in [3.63, 3.8) is 0 Å². The molecule has 4 rings (SSSR count). The first kappa shape index (κ1) is 17.4. The molecule has 2 heterocycles. The van der Waals surface area contributed by atoms with Crippen molar-refractivity contribution in [1.29, 1.82) is 0 Å². The Labute approximate surface area is 155 Å². The third-order valence-corrected chi connectivity index (χ3v) is 5.91. The van der Waals surface area contributed by atoms with E-state index in [4.69, 9.17) is 0 Å². The second-order valence-electron chi connectivity index (χ2n) is 7.95. The van der Waals surface area contributed by atoms with Gasteiger partial charge in [0.25, 0.3) is 0 Å². The van der Waals surface area contributed by atoms with Crippen molar-refractivity contribution in [2.75, 3.05) is 26.2 Å². The standard InChI is InChI=1S/C23H27FN2/c1-23(11-9-18(10-12-23)17-26-13-3-2-4-14-26)20-15-22(25-16-20)19-5-7-21(24)8-6-19/h5-11,15H,2-4,12-14,16-17H2,1H3. The van der Waals surface area contributed by atoms with Gasteiger partial charge in [0.15, 0.2) is 0 Å². The number of likely N-dealkylation sites (tertiary alicyclic amines) is 1. The lowest BCUT2D eigenvalue weighted by atomic mass is 9.75. The van der Waals surface area contributed by atoms with Crippen molar-refractivity contribution in [2.24, 2.45) is 10.4 Å². The molecular weight excluding hydrogens is 323 g/mol. The van der Waals surface area contributed by atoms with Crippen LogP contribution in [0.1, 0.15) is 38.2 Å². The number of rotatable bonds is 4. The summed E-state index contributed by atoms with van der Waals surface area (Å²) >= 11 is 0. The molecule has 1 unspecified atom stereocenters. The fourth-order valence-corrected chi connectivity index (χ4v) is 4.07. The number of piperidine rings is 1. The highest BCUT2D eigenvalue weighted by molar-refractivity contribution is 6.10. The summed E-state index contributed by atoms with van der Waals surface area (Å²) in [5.41, 5.74) is 4.80. The van der Waals surface area contributed by atoms with E-state index in [9.17, 15) is 4.39 Å². The Bertz CT molecular complexity index is 779. The number of halogens is 1. The maximum atomic E-state index is 13.1. The van der Waals surface area contributed by atoms with Crippen LogP contribution in [-0.2, 0) is 0 Å². The zero-order chi connectivity index (χ0) is 18.0. The first-order valence-electron chi connectivity index (χ1n) is 9.74. The van der Waals surface area contributed by atoms with E-state index < -0.39 is 0 Å². The second-order valence-corrected chi connectivity index (χ2v) is 7.95. The van der Waals surface area contributed by atoms with Crippen molar-refractivity contribution in [3.05, 3.63) is 71.1 Å². The van der Waals surface area contributed by atoms with Crippen LogP contribution in [0, 0.1) is 11.2 Å². The Kier molecular flexibility index (Phi) is 4.90. The fourth-order valence-electron chi connectivity index (χ4n) is 4.07. The Balaban J connectivity index is 1.42. The summed E-state index contributed by atoms with van der Waals surface area (Å²) in [6, 6.07) is 6.62. The van der Waals surface area contributed by atoms with E-state index in [0.717, 1.165) is 30.8 Å². The number of aliphatic imine (C=N–C) groups is 1. The van der Waals surface area contributed by atoms with E-state index in [1.807, 2.05) is 12.1 Å². The summed E-state index contributed by atoms with van der Waals surface area (Å²) in [6.07, 6.45) is 14.4. The average molecular weight is 350 g/mol. The second kappa shape index (κ2) is 7.32. The molecule has 2 aliphatic heterocycles. The van der Waals surface area contributed by atoms with Gasteiger partial charge in [-0.15, -0.1) is 0 Å². The summed E-state index contributed by atoms with van der Waals surface area (Å²) in [6.45, 7) is 6.60. The highest BCUT2D eigenvalue weighted by atomic mass is 19.1. The largest absolute Gasteiger partial charge is 0.299 e. The van der Waals surface area contributed by atoms with Gasteiger partial charge in [-0.05, 0) is 79.4 Å². The van der Waals surface area contributed by atoms with Gasteiger partial charge in [0.05, 0.1) is 12.3 Å². The van der Waals surface area contributed by atoms with Crippen LogP contribution in [0.25, 0.3) is 0 Å². The van der Waals surface area contributed by atoms with Gasteiger partial charge in [0.1, 0.15) is 5.82 Å². The quantitative estimate of drug-likeness (QED) is 0.751. The van der Waals surface area contributed by atoms with Crippen molar-refractivity contribution in [1.82, 2.24) is 4.90 Å². The lowest BCUT2D eigenvalue weighted by Gasteiger charge is -2.32. The topological polar surface area (TPSA) is 15.6 Å². The Hall–Kier alpha value is -2.00. The van der Waals surface area contributed by atoms with Crippen LogP contribution in [0.3, 0.4) is 0 Å². The molecule has 1 aliphatic carbocycles. The molecular formula is C23H27FN2. The molecule has 0 amide bonds. The Morgan fingerprint density at radius 3 is 2.58 bits per heavy atom. The minimum absolute atomic E-state index is 0.0384. The van der Waals surface area contributed by atoms with E-state index >= 15 is 0 Å². The van der Waals surface area contributed by atoms with E-state index in [1.54, 1.807) is 0 Å². The smallest absolute Gasteiger partial charge is 0.123 e. The number of benzene rings is 1. The van der Waals surface area contributed by atoms with Gasteiger partial charge in [-0.3, -0.25) is 9.89 Å². The van der Waals surface area contributed by atoms with Crippen LogP contribution in [0.5, 0.6) is 0 Å². The number of hydrogen-bond acceptors (Lipinski definition) is 2. The molecule has 3 aliphatic rings. The highest BCUT2D eigenvalue weighted by Gasteiger charge is 2.30. The van der Waals surface area contributed by atoms with Crippen molar-refractivity contribution < 1.29 is 4.39 Å². The predicted octanol–water partition coefficient (Wildman–Crippen LogP) is 4.93. The van der Waals surface area contributed by atoms with Crippen LogP contribution in [-0.4, -0.2) is 36.8 Å². The Morgan fingerprint density at radius 1 is 1.12 bits per heavy atom. The predicted molar refractivity (Wildman–Crippen MR) is 106 cm³/mol. The molecule has 2 nitrogen and oxygen atoms in total. The monoisotopic (exact) mass is 350 g/mol. The van der Waals surface area contributed by atoms with Crippen molar-refractivity contribution in [3.8, 4) is 0 Å². The summed E-state index contributed by atoms with van der Waals surface area (Å²) in [5.74, 6) is -0.204. The summed E-state index contributed by atoms with van der Waals surface area (Å²) in [5, 5.41) is 0. The van der Waals surface area contributed by atoms with Crippen molar-refractivity contribution in [2.45, 2.75) is 32.6 Å². The molecule has 0 radical (unpaired) electrons. The van der Waals surface area contributed by atoms with Gasteiger partial charge in [0.2, 0.25) is 0 Å². The molecule has 26 heavy (non-hydrogen) atoms. The summed E-state index contributed by atoms with van der Waals surface area (Å²) < 4.78 is 13.1. The summed E-state index contributed by atoms with van der Waals surface area (Å²) in [4.78, 5) is 7.27. The van der Waals surface area contributed by atoms with E-state index in [2.05, 4.69) is 41.1 Å². The van der Waals surface area contributed by atoms with Gasteiger partial charge < -0.3 is 0 Å². The molecule has 0 N–H and O–H groups in total. The molecule has 1 fully saturated rings. The summed E-state index contributed by atoms with van der Waals surface area (Å²) in [7, 11) is 0. The van der Waals surface area contributed by atoms with Crippen molar-refractivity contribution >= 4 is 5.71 Å². The van der Waals surface area contributed by atoms with Crippen LogP contribution in [0.4, 0.5) is 4.39 Å². The molecule has 0 spiro atoms. The molecule has 1 saturated heterocycles. The number of hydrogen-bond donors (Lipinski definition) is 0. The molecule has 136 valence electrons. The molecule has 0 saturated carbocycles. The van der Waals surface area contributed by atoms with E-state index in [0.29, 0.717) is 0 Å². The van der Waals surface area contributed by atoms with Crippen LogP contribution in [0.2, 0.25) is 0 Å². The zero-order valence-electron chi connectivity index (χ0n) is 15.5. The molecule has 0 bridgehead atoms. The molecule has 3 heteroatoms. The van der Waals surface area contributed by atoms with Crippen LogP contribution < -0.4 is 0 Å². The van der Waals surface area contributed by atoms with E-state index in [-0.39, 0.29) is 11.2 Å². The first-order chi connectivity index (χ1) is 12.6. The maximum absolute atomic E-state index is 13.1.